The first-order valence-corrected chi connectivity index (χ1v) is 2.01. The molecule has 0 atom stereocenters. The SMILES string of the molecule is O=S(=O)(O)F.[Al+3]. The second-order valence-corrected chi connectivity index (χ2v) is 1.24. The van der Waals surface area contributed by atoms with E-state index in [0.29, 0.717) is 0 Å². The monoisotopic (exact) mass is 127 g/mol. The van der Waals surface area contributed by atoms with E-state index in [1.165, 1.54) is 0 Å². The zero-order chi connectivity index (χ0) is 4.50. The van der Waals surface area contributed by atoms with Gasteiger partial charge in [0.25, 0.3) is 0 Å². The van der Waals surface area contributed by atoms with Gasteiger partial charge in [0.05, 0.1) is 0 Å². The van der Waals surface area contributed by atoms with Gasteiger partial charge in [-0.2, -0.15) is 8.42 Å². The van der Waals surface area contributed by atoms with Crippen LogP contribution >= 0.6 is 0 Å². The maximum atomic E-state index is 10.2. The minimum Gasteiger partial charge on any atom is -0.260 e. The molecule has 0 saturated heterocycles. The van der Waals surface area contributed by atoms with Gasteiger partial charge in [0.2, 0.25) is 0 Å². The fourth-order valence-corrected chi connectivity index (χ4v) is 0. The Morgan fingerprint density at radius 3 is 1.50 bits per heavy atom. The Labute approximate surface area is 45.3 Å². The average molecular weight is 127 g/mol. The molecule has 0 bridgehead atoms. The molecule has 0 saturated carbocycles. The van der Waals surface area contributed by atoms with Crippen molar-refractivity contribution in [1.29, 1.82) is 0 Å². The van der Waals surface area contributed by atoms with Crippen LogP contribution in [0.1, 0.15) is 0 Å². The third-order valence-electron chi connectivity index (χ3n) is 0. The van der Waals surface area contributed by atoms with Gasteiger partial charge in [-0.1, -0.05) is 3.89 Å². The Hall–Kier alpha value is 0.372. The molecule has 0 aromatic heterocycles. The average Bonchev–Trinajstić information content (AvgIpc) is 0.722. The second-order valence-electron chi connectivity index (χ2n) is 0.412. The summed E-state index contributed by atoms with van der Waals surface area (Å²) in [5, 5.41) is 0. The van der Waals surface area contributed by atoms with Gasteiger partial charge in [-0.15, -0.1) is 0 Å². The second kappa shape index (κ2) is 2.53. The van der Waals surface area contributed by atoms with Crippen LogP contribution in [0.2, 0.25) is 0 Å². The van der Waals surface area contributed by atoms with E-state index in [1.54, 1.807) is 0 Å². The minimum absolute atomic E-state index is 0. The molecule has 1 N–H and O–H groups in total. The number of halogens is 1. The van der Waals surface area contributed by atoms with Crippen LogP contribution in [0.3, 0.4) is 0 Å². The van der Waals surface area contributed by atoms with Crippen molar-refractivity contribution >= 4 is 27.9 Å². The standard InChI is InChI=1S/Al.FHO3S/c;1-5(2,3)4/h;(H,2,3,4)/q+3;. The Balaban J connectivity index is 0. The smallest absolute Gasteiger partial charge is 0.260 e. The molecular weight excluding hydrogens is 126 g/mol. The summed E-state index contributed by atoms with van der Waals surface area (Å²) in [6.07, 6.45) is 0. The van der Waals surface area contributed by atoms with Gasteiger partial charge in [0.1, 0.15) is 0 Å². The maximum absolute atomic E-state index is 10.2. The molecule has 0 aromatic carbocycles. The van der Waals surface area contributed by atoms with E-state index in [9.17, 15) is 3.89 Å². The van der Waals surface area contributed by atoms with Crippen molar-refractivity contribution in [2.24, 2.45) is 0 Å². The number of hydrogen-bond acceptors (Lipinski definition) is 2. The molecule has 0 rings (SSSR count). The van der Waals surface area contributed by atoms with Crippen molar-refractivity contribution < 1.29 is 16.9 Å². The van der Waals surface area contributed by atoms with Gasteiger partial charge in [-0.05, 0) is 0 Å². The van der Waals surface area contributed by atoms with Crippen LogP contribution in [0.5, 0.6) is 0 Å². The molecule has 0 radical (unpaired) electrons. The minimum atomic E-state index is -5.17. The summed E-state index contributed by atoms with van der Waals surface area (Å²) < 4.78 is 34.1. The van der Waals surface area contributed by atoms with E-state index >= 15 is 0 Å². The van der Waals surface area contributed by atoms with Crippen molar-refractivity contribution in [2.45, 2.75) is 0 Å². The van der Waals surface area contributed by atoms with Crippen molar-refractivity contribution in [2.75, 3.05) is 0 Å². The van der Waals surface area contributed by atoms with E-state index in [4.69, 9.17) is 13.0 Å². The van der Waals surface area contributed by atoms with E-state index in [0.717, 1.165) is 0 Å². The van der Waals surface area contributed by atoms with Gasteiger partial charge >= 0.3 is 27.9 Å². The fourth-order valence-electron chi connectivity index (χ4n) is 0. The third-order valence-corrected chi connectivity index (χ3v) is 0. The molecule has 0 fully saturated rings. The zero-order valence-corrected chi connectivity index (χ0v) is 4.60. The molecule has 0 spiro atoms. The summed E-state index contributed by atoms with van der Waals surface area (Å²) in [7, 11) is -5.17. The largest absolute Gasteiger partial charge is 3.00 e. The van der Waals surface area contributed by atoms with Gasteiger partial charge in [-0.25, -0.2) is 0 Å². The van der Waals surface area contributed by atoms with Crippen LogP contribution < -0.4 is 0 Å². The van der Waals surface area contributed by atoms with Gasteiger partial charge in [-0.3, -0.25) is 4.55 Å². The first-order chi connectivity index (χ1) is 2.00. The van der Waals surface area contributed by atoms with E-state index in [2.05, 4.69) is 0 Å². The van der Waals surface area contributed by atoms with Crippen LogP contribution in [0.15, 0.2) is 0 Å². The predicted octanol–water partition coefficient (Wildman–Crippen LogP) is -0.622. The van der Waals surface area contributed by atoms with Crippen LogP contribution in [0.25, 0.3) is 0 Å². The molecule has 6 heteroatoms. The number of rotatable bonds is 0. The quantitative estimate of drug-likeness (QED) is 0.268. The molecule has 0 aliphatic rings. The summed E-state index contributed by atoms with van der Waals surface area (Å²) in [5.41, 5.74) is 0. The molecular formula is HAlFO3S+3. The first-order valence-electron chi connectivity index (χ1n) is 0.670. The molecule has 0 amide bonds. The molecule has 6 heavy (non-hydrogen) atoms. The third kappa shape index (κ3) is 358. The molecule has 32 valence electrons. The van der Waals surface area contributed by atoms with Crippen molar-refractivity contribution in [3.8, 4) is 0 Å². The first kappa shape index (κ1) is 9.62. The van der Waals surface area contributed by atoms with Crippen molar-refractivity contribution in [3.05, 3.63) is 0 Å². The fraction of sp³-hybridized carbons (Fsp3) is 0. The summed E-state index contributed by atoms with van der Waals surface area (Å²) in [4.78, 5) is 0. The van der Waals surface area contributed by atoms with E-state index in [1.807, 2.05) is 0 Å². The maximum Gasteiger partial charge on any atom is 3.00 e. The van der Waals surface area contributed by atoms with Crippen LogP contribution in [-0.2, 0) is 10.5 Å². The van der Waals surface area contributed by atoms with Crippen LogP contribution in [0.4, 0.5) is 3.89 Å². The molecule has 0 aliphatic carbocycles. The molecule has 0 aliphatic heterocycles. The van der Waals surface area contributed by atoms with Gasteiger partial charge in [0.15, 0.2) is 0 Å². The summed E-state index contributed by atoms with van der Waals surface area (Å²) in [6.45, 7) is 0. The van der Waals surface area contributed by atoms with Crippen LogP contribution in [-0.4, -0.2) is 30.3 Å². The Kier molecular flexibility index (Phi) is 4.06. The summed E-state index contributed by atoms with van der Waals surface area (Å²) in [6, 6.07) is 0. The van der Waals surface area contributed by atoms with Crippen molar-refractivity contribution in [1.82, 2.24) is 0 Å². The Bertz CT molecular complexity index is 94.0. The molecule has 0 unspecified atom stereocenters. The normalized spacial score (nSPS) is 9.67. The Morgan fingerprint density at radius 2 is 1.50 bits per heavy atom. The summed E-state index contributed by atoms with van der Waals surface area (Å²) in [5.74, 6) is 0. The van der Waals surface area contributed by atoms with Gasteiger partial charge < -0.3 is 0 Å². The van der Waals surface area contributed by atoms with Crippen LogP contribution in [0, 0.1) is 0 Å². The van der Waals surface area contributed by atoms with E-state index in [-0.39, 0.29) is 17.4 Å². The topological polar surface area (TPSA) is 54.4 Å². The van der Waals surface area contributed by atoms with Crippen molar-refractivity contribution in [3.63, 3.8) is 0 Å². The van der Waals surface area contributed by atoms with E-state index < -0.39 is 10.5 Å². The predicted molar refractivity (Wildman–Crippen MR) is 18.4 cm³/mol. The van der Waals surface area contributed by atoms with Gasteiger partial charge in [0, 0.05) is 0 Å². The number of hydrogen-bond donors (Lipinski definition) is 1. The summed E-state index contributed by atoms with van der Waals surface area (Å²) >= 11 is 0. The zero-order valence-electron chi connectivity index (χ0n) is 2.63. The molecule has 0 heterocycles. The Morgan fingerprint density at radius 1 is 1.50 bits per heavy atom. The molecule has 3 nitrogen and oxygen atoms in total. The molecule has 0 aromatic rings.